The highest BCUT2D eigenvalue weighted by Gasteiger charge is 2.24. The number of ether oxygens (including phenoxy) is 1. The SMILES string of the molecule is CC\C=C/C=C/C=C/C=C\C=C\C=C\CCCCCC(=O)OC(CCCCC/C=C/C=C/C=C/C=C/CCCCC)CC(=O)NC(CO)C(O)CCCCCCCCCCCCCCCCCCC. The summed E-state index contributed by atoms with van der Waals surface area (Å²) in [5, 5.41) is 23.9. The number of amides is 1. The molecule has 69 heavy (non-hydrogen) atoms. The number of carbonyl (C=O) groups excluding carboxylic acids is 2. The van der Waals surface area contributed by atoms with Crippen LogP contribution in [0.5, 0.6) is 0 Å². The Morgan fingerprint density at radius 1 is 0.435 bits per heavy atom. The quantitative estimate of drug-likeness (QED) is 0.0321. The molecule has 0 aliphatic carbocycles. The van der Waals surface area contributed by atoms with E-state index >= 15 is 0 Å². The number of nitrogens with one attached hydrogen (secondary N) is 1. The molecule has 0 spiro atoms. The summed E-state index contributed by atoms with van der Waals surface area (Å²) in [6, 6.07) is -0.734. The van der Waals surface area contributed by atoms with E-state index in [2.05, 4.69) is 86.8 Å². The van der Waals surface area contributed by atoms with Crippen LogP contribution in [0, 0.1) is 0 Å². The van der Waals surface area contributed by atoms with Crippen LogP contribution < -0.4 is 5.32 Å². The Kier molecular flexibility index (Phi) is 52.2. The minimum atomic E-state index is -0.816. The van der Waals surface area contributed by atoms with E-state index in [-0.39, 0.29) is 24.9 Å². The van der Waals surface area contributed by atoms with Gasteiger partial charge < -0.3 is 20.3 Å². The molecule has 6 nitrogen and oxygen atoms in total. The van der Waals surface area contributed by atoms with Crippen molar-refractivity contribution in [2.45, 2.75) is 257 Å². The van der Waals surface area contributed by atoms with Crippen molar-refractivity contribution < 1.29 is 24.5 Å². The molecular weight excluding hydrogens is 851 g/mol. The second-order valence-electron chi connectivity index (χ2n) is 18.8. The lowest BCUT2D eigenvalue weighted by Crippen LogP contribution is -2.46. The molecule has 6 heteroatoms. The summed E-state index contributed by atoms with van der Waals surface area (Å²) >= 11 is 0. The number of allylic oxidation sites excluding steroid dienone is 20. The molecule has 0 bridgehead atoms. The van der Waals surface area contributed by atoms with Crippen LogP contribution in [-0.2, 0) is 14.3 Å². The molecule has 0 heterocycles. The Morgan fingerprint density at radius 3 is 1.22 bits per heavy atom. The summed E-state index contributed by atoms with van der Waals surface area (Å²) in [6.07, 6.45) is 76.8. The van der Waals surface area contributed by atoms with Gasteiger partial charge >= 0.3 is 5.97 Å². The van der Waals surface area contributed by atoms with Crippen molar-refractivity contribution >= 4 is 11.9 Å². The van der Waals surface area contributed by atoms with Gasteiger partial charge in [0.15, 0.2) is 0 Å². The van der Waals surface area contributed by atoms with Gasteiger partial charge in [0.05, 0.1) is 25.2 Å². The zero-order chi connectivity index (χ0) is 50.2. The molecule has 3 N–H and O–H groups in total. The van der Waals surface area contributed by atoms with Crippen molar-refractivity contribution in [1.29, 1.82) is 0 Å². The van der Waals surface area contributed by atoms with Crippen molar-refractivity contribution in [3.63, 3.8) is 0 Å². The Balaban J connectivity index is 4.74. The smallest absolute Gasteiger partial charge is 0.306 e. The molecule has 392 valence electrons. The van der Waals surface area contributed by atoms with Gasteiger partial charge in [-0.05, 0) is 70.6 Å². The van der Waals surface area contributed by atoms with E-state index in [4.69, 9.17) is 4.74 Å². The van der Waals surface area contributed by atoms with Crippen LogP contribution in [0.3, 0.4) is 0 Å². The fourth-order valence-corrected chi connectivity index (χ4v) is 8.00. The molecule has 0 aromatic heterocycles. The summed E-state index contributed by atoms with van der Waals surface area (Å²) in [5.41, 5.74) is 0. The fourth-order valence-electron chi connectivity index (χ4n) is 8.00. The van der Waals surface area contributed by atoms with Gasteiger partial charge in [-0.15, -0.1) is 0 Å². The summed E-state index contributed by atoms with van der Waals surface area (Å²) in [5.74, 6) is -0.571. The zero-order valence-electron chi connectivity index (χ0n) is 44.6. The average Bonchev–Trinajstić information content (AvgIpc) is 3.34. The van der Waals surface area contributed by atoms with Gasteiger partial charge in [-0.3, -0.25) is 9.59 Å². The second kappa shape index (κ2) is 55.2. The first-order valence-electron chi connectivity index (χ1n) is 28.4. The third kappa shape index (κ3) is 50.5. The number of esters is 1. The number of hydrogen-bond donors (Lipinski definition) is 3. The van der Waals surface area contributed by atoms with E-state index < -0.39 is 18.2 Å². The van der Waals surface area contributed by atoms with Crippen LogP contribution in [0.2, 0.25) is 0 Å². The van der Waals surface area contributed by atoms with E-state index in [1.807, 2.05) is 60.8 Å². The van der Waals surface area contributed by atoms with Crippen LogP contribution in [0.1, 0.15) is 239 Å². The fraction of sp³-hybridized carbons (Fsp3) is 0.651. The standard InChI is InChI=1S/C63H105NO5/c1-4-7-10-13-16-19-22-25-28-31-34-37-40-43-46-49-52-55-61(66)60(58-65)64-62(67)57-59(54-51-48-45-42-39-36-33-30-27-24-21-18-15-12-9-6-3)69-63(68)56-53-50-47-44-41-38-35-32-29-26-23-20-17-14-11-8-5-2/h8,11,14,17-18,20-21,23-24,26-27,29-30,32-33,35-36,38-39,41,59-61,65-66H,4-7,9-10,12-13,15-16,19,22,25,28,31,34,37,40,42-58H2,1-3H3,(H,64,67)/b11-8-,17-14+,21-18+,23-20+,27-24+,29-26-,33-30+,35-32+,39-36+,41-38+. The normalized spacial score (nSPS) is 14.1. The summed E-state index contributed by atoms with van der Waals surface area (Å²) in [6.45, 7) is 6.29. The predicted octanol–water partition coefficient (Wildman–Crippen LogP) is 17.6. The molecule has 0 aliphatic rings. The largest absolute Gasteiger partial charge is 0.462 e. The number of carbonyl (C=O) groups is 2. The molecule has 0 aromatic carbocycles. The van der Waals surface area contributed by atoms with Gasteiger partial charge in [0.2, 0.25) is 5.91 Å². The van der Waals surface area contributed by atoms with Crippen LogP contribution in [0.25, 0.3) is 0 Å². The number of aliphatic hydroxyl groups is 2. The molecule has 0 radical (unpaired) electrons. The van der Waals surface area contributed by atoms with Gasteiger partial charge in [0.1, 0.15) is 6.10 Å². The van der Waals surface area contributed by atoms with E-state index in [1.54, 1.807) is 0 Å². The summed E-state index contributed by atoms with van der Waals surface area (Å²) in [7, 11) is 0. The number of aliphatic hydroxyl groups excluding tert-OH is 2. The molecule has 0 aromatic rings. The Labute approximate surface area is 425 Å². The lowest BCUT2D eigenvalue weighted by atomic mass is 10.0. The Morgan fingerprint density at radius 2 is 0.783 bits per heavy atom. The maximum absolute atomic E-state index is 13.3. The van der Waals surface area contributed by atoms with Crippen LogP contribution in [0.15, 0.2) is 122 Å². The lowest BCUT2D eigenvalue weighted by Gasteiger charge is -2.24. The van der Waals surface area contributed by atoms with Crippen LogP contribution in [-0.4, -0.2) is 46.9 Å². The van der Waals surface area contributed by atoms with Gasteiger partial charge in [-0.2, -0.15) is 0 Å². The molecule has 0 aliphatic heterocycles. The maximum Gasteiger partial charge on any atom is 0.306 e. The highest BCUT2D eigenvalue weighted by molar-refractivity contribution is 5.77. The molecule has 3 atom stereocenters. The first-order chi connectivity index (χ1) is 34.0. The van der Waals surface area contributed by atoms with Crippen molar-refractivity contribution in [2.75, 3.05) is 6.61 Å². The van der Waals surface area contributed by atoms with Crippen LogP contribution >= 0.6 is 0 Å². The minimum Gasteiger partial charge on any atom is -0.462 e. The molecule has 1 amide bonds. The van der Waals surface area contributed by atoms with E-state index in [0.717, 1.165) is 83.5 Å². The maximum atomic E-state index is 13.3. The Bertz CT molecular complexity index is 1440. The third-order valence-corrected chi connectivity index (χ3v) is 12.3. The summed E-state index contributed by atoms with van der Waals surface area (Å²) < 4.78 is 5.92. The van der Waals surface area contributed by atoms with Gasteiger partial charge in [-0.1, -0.05) is 277 Å². The third-order valence-electron chi connectivity index (χ3n) is 12.3. The average molecular weight is 957 g/mol. The summed E-state index contributed by atoms with van der Waals surface area (Å²) in [4.78, 5) is 26.3. The topological polar surface area (TPSA) is 95.9 Å². The molecule has 0 saturated carbocycles. The van der Waals surface area contributed by atoms with Crippen molar-refractivity contribution in [3.8, 4) is 0 Å². The molecule has 0 rings (SSSR count). The number of hydrogen-bond acceptors (Lipinski definition) is 5. The first kappa shape index (κ1) is 65.3. The molecule has 3 unspecified atom stereocenters. The van der Waals surface area contributed by atoms with Gasteiger partial charge in [0, 0.05) is 6.42 Å². The van der Waals surface area contributed by atoms with Crippen molar-refractivity contribution in [3.05, 3.63) is 122 Å². The zero-order valence-corrected chi connectivity index (χ0v) is 44.6. The molecular formula is C63H105NO5. The monoisotopic (exact) mass is 956 g/mol. The van der Waals surface area contributed by atoms with Gasteiger partial charge in [0.25, 0.3) is 0 Å². The Hall–Kier alpha value is -3.74. The number of rotatable bonds is 49. The first-order valence-corrected chi connectivity index (χ1v) is 28.4. The highest BCUT2D eigenvalue weighted by Crippen LogP contribution is 2.17. The van der Waals surface area contributed by atoms with E-state index in [9.17, 15) is 19.8 Å². The lowest BCUT2D eigenvalue weighted by molar-refractivity contribution is -0.151. The minimum absolute atomic E-state index is 0.0255. The predicted molar refractivity (Wildman–Crippen MR) is 300 cm³/mol. The van der Waals surface area contributed by atoms with Crippen molar-refractivity contribution in [2.24, 2.45) is 0 Å². The number of unbranched alkanes of at least 4 members (excludes halogenated alkanes) is 25. The highest BCUT2D eigenvalue weighted by atomic mass is 16.5. The van der Waals surface area contributed by atoms with E-state index in [1.165, 1.54) is 109 Å². The van der Waals surface area contributed by atoms with Crippen LogP contribution in [0.4, 0.5) is 0 Å². The molecule has 0 fully saturated rings. The second-order valence-corrected chi connectivity index (χ2v) is 18.8. The van der Waals surface area contributed by atoms with E-state index in [0.29, 0.717) is 19.3 Å². The van der Waals surface area contributed by atoms with Gasteiger partial charge in [-0.25, -0.2) is 0 Å². The van der Waals surface area contributed by atoms with Crippen molar-refractivity contribution in [1.82, 2.24) is 5.32 Å². The molecule has 0 saturated heterocycles.